The topological polar surface area (TPSA) is 162 Å². The minimum atomic E-state index is -4.34. The maximum atomic E-state index is 16.2. The average molecular weight is 520 g/mol. The van der Waals surface area contributed by atoms with Gasteiger partial charge < -0.3 is 19.9 Å². The van der Waals surface area contributed by atoms with Gasteiger partial charge in [-0.3, -0.25) is 18.4 Å². The van der Waals surface area contributed by atoms with Gasteiger partial charge in [-0.15, -0.1) is 0 Å². The number of nitrogen functional groups attached to an aromatic ring is 1. The first kappa shape index (κ1) is 25.6. The zero-order valence-electron chi connectivity index (χ0n) is 19.7. The molecule has 0 radical (unpaired) electrons. The molecule has 0 amide bonds. The van der Waals surface area contributed by atoms with Crippen LogP contribution in [0.5, 0.6) is 5.88 Å². The number of hydrogen-bond donors (Lipinski definition) is 2. The van der Waals surface area contributed by atoms with Crippen molar-refractivity contribution in [2.24, 2.45) is 0 Å². The molecule has 3 N–H and O–H groups in total. The predicted molar refractivity (Wildman–Crippen MR) is 117 cm³/mol. The van der Waals surface area contributed by atoms with Gasteiger partial charge in [0.2, 0.25) is 11.8 Å². The zero-order chi connectivity index (χ0) is 25.8. The van der Waals surface area contributed by atoms with E-state index in [-0.39, 0.29) is 29.6 Å². The van der Waals surface area contributed by atoms with Crippen molar-refractivity contribution >= 4 is 30.8 Å². The van der Waals surface area contributed by atoms with Crippen LogP contribution in [0.15, 0.2) is 6.33 Å². The predicted octanol–water partition coefficient (Wildman–Crippen LogP) is 2.18. The number of nitrogens with zero attached hydrogens (tertiary/aromatic N) is 4. The summed E-state index contributed by atoms with van der Waals surface area (Å²) in [5.41, 5.74) is 3.34. The third-order valence-corrected chi connectivity index (χ3v) is 7.03. The van der Waals surface area contributed by atoms with Crippen molar-refractivity contribution in [2.75, 3.05) is 18.9 Å². The lowest BCUT2D eigenvalue weighted by molar-refractivity contribution is -0.214. The molecule has 0 saturated carbocycles. The Kier molecular flexibility index (Phi) is 6.51. The monoisotopic (exact) mass is 520 g/mol. The Balaban J connectivity index is 1.63. The average Bonchev–Trinajstić information content (AvgIpc) is 3.25. The molecule has 0 bridgehead atoms. The summed E-state index contributed by atoms with van der Waals surface area (Å²) in [5.74, 6) is -3.67. The molecular formula is C19H27F2N6O7P. The molecule has 2 saturated heterocycles. The zero-order valence-corrected chi connectivity index (χ0v) is 20.6. The molecule has 0 aliphatic carbocycles. The first-order valence-corrected chi connectivity index (χ1v) is 12.4. The number of carbonyl (C=O) groups excluding carboxylic acids is 1. The largest absolute Gasteiger partial charge is 0.476 e. The number of fused-ring (bicyclic) bond motifs is 2. The summed E-state index contributed by atoms with van der Waals surface area (Å²) >= 11 is 0. The minimum Gasteiger partial charge on any atom is -0.476 e. The molecule has 2 aliphatic rings. The third-order valence-electron chi connectivity index (χ3n) is 5.37. The highest BCUT2D eigenvalue weighted by Gasteiger charge is 2.70. The summed E-state index contributed by atoms with van der Waals surface area (Å²) in [6.45, 7) is 6.70. The minimum absolute atomic E-state index is 0.0318. The molecule has 13 nitrogen and oxygen atoms in total. The van der Waals surface area contributed by atoms with E-state index in [2.05, 4.69) is 20.0 Å². The van der Waals surface area contributed by atoms with E-state index in [4.69, 9.17) is 29.0 Å². The summed E-state index contributed by atoms with van der Waals surface area (Å²) in [6.07, 6.45) is -2.91. The van der Waals surface area contributed by atoms with Crippen LogP contribution in [-0.2, 0) is 27.9 Å². The number of hydrogen-bond acceptors (Lipinski definition) is 11. The molecule has 35 heavy (non-hydrogen) atoms. The van der Waals surface area contributed by atoms with Gasteiger partial charge in [-0.05, 0) is 34.6 Å². The number of esters is 1. The standard InChI is InChI=1S/C19H27F2N6O7P/c1-6-30-13-11-12(24-17(22)25-13)27(8-23-11)16-18(5,20)15-19(21,33-16)7-31-35(29,34-15)26-10(4)14(28)32-9(2)3/h8-10,15-16H,6-7H2,1-5H3,(H,26,29)(H2,22,24,25)/t10-,15+,16-,18-,19-,35+/m1/s1. The van der Waals surface area contributed by atoms with Crippen LogP contribution in [0.3, 0.4) is 0 Å². The highest BCUT2D eigenvalue weighted by Crippen LogP contribution is 2.61. The molecule has 0 aromatic carbocycles. The second-order valence-electron chi connectivity index (χ2n) is 8.64. The van der Waals surface area contributed by atoms with Crippen molar-refractivity contribution in [1.82, 2.24) is 24.6 Å². The van der Waals surface area contributed by atoms with Gasteiger partial charge in [-0.25, -0.2) is 23.4 Å². The molecule has 4 rings (SSSR count). The Labute approximate surface area is 199 Å². The van der Waals surface area contributed by atoms with Crippen LogP contribution in [0.4, 0.5) is 14.7 Å². The Morgan fingerprint density at radius 1 is 1.40 bits per heavy atom. The van der Waals surface area contributed by atoms with Gasteiger partial charge in [0.25, 0.3) is 5.85 Å². The van der Waals surface area contributed by atoms with Crippen molar-refractivity contribution in [3.8, 4) is 5.88 Å². The molecule has 4 heterocycles. The van der Waals surface area contributed by atoms with Gasteiger partial charge in [0.05, 0.1) is 19.0 Å². The molecular weight excluding hydrogens is 493 g/mol. The molecule has 2 aromatic heterocycles. The van der Waals surface area contributed by atoms with E-state index in [0.29, 0.717) is 0 Å². The summed E-state index contributed by atoms with van der Waals surface area (Å²) in [6, 6.07) is -1.14. The number of anilines is 1. The van der Waals surface area contributed by atoms with Crippen LogP contribution < -0.4 is 15.6 Å². The molecule has 0 unspecified atom stereocenters. The van der Waals surface area contributed by atoms with Crippen LogP contribution in [0.1, 0.15) is 40.8 Å². The molecule has 16 heteroatoms. The fraction of sp³-hybridized carbons (Fsp3) is 0.684. The van der Waals surface area contributed by atoms with Gasteiger partial charge in [-0.1, -0.05) is 0 Å². The molecule has 2 aromatic rings. The third kappa shape index (κ3) is 4.58. The SMILES string of the molecule is CCOc1nc(N)nc2c1ncn2[C@@H]1O[C@]2(F)CO[P@@](=O)(N[C@H](C)C(=O)OC(C)C)O[C@H]2[C@@]1(C)F. The first-order valence-electron chi connectivity index (χ1n) is 10.9. The van der Waals surface area contributed by atoms with Crippen molar-refractivity contribution in [1.29, 1.82) is 0 Å². The van der Waals surface area contributed by atoms with E-state index in [1.54, 1.807) is 20.8 Å². The highest BCUT2D eigenvalue weighted by molar-refractivity contribution is 7.51. The summed E-state index contributed by atoms with van der Waals surface area (Å²) in [5, 5.41) is 2.35. The van der Waals surface area contributed by atoms with Gasteiger partial charge >= 0.3 is 13.7 Å². The van der Waals surface area contributed by atoms with Crippen molar-refractivity contribution in [3.05, 3.63) is 6.33 Å². The first-order chi connectivity index (χ1) is 16.3. The quantitative estimate of drug-likeness (QED) is 0.405. The lowest BCUT2D eigenvalue weighted by atomic mass is 9.97. The fourth-order valence-corrected chi connectivity index (χ4v) is 5.65. The number of ether oxygens (including phenoxy) is 3. The Morgan fingerprint density at radius 3 is 2.77 bits per heavy atom. The maximum absolute atomic E-state index is 16.2. The van der Waals surface area contributed by atoms with Crippen molar-refractivity contribution < 1.29 is 41.4 Å². The van der Waals surface area contributed by atoms with Crippen LogP contribution in [0, 0.1) is 0 Å². The van der Waals surface area contributed by atoms with Gasteiger partial charge in [0, 0.05) is 0 Å². The number of nitrogens with one attached hydrogen (secondary N) is 1. The van der Waals surface area contributed by atoms with E-state index in [1.165, 1.54) is 13.3 Å². The molecule has 194 valence electrons. The number of carbonyl (C=O) groups is 1. The Bertz CT molecular complexity index is 1180. The number of aromatic nitrogens is 4. The normalized spacial score (nSPS) is 33.6. The lowest BCUT2D eigenvalue weighted by Crippen LogP contribution is -2.52. The summed E-state index contributed by atoms with van der Waals surface area (Å²) < 4.78 is 72.4. The number of nitrogens with two attached hydrogens (primary N) is 1. The van der Waals surface area contributed by atoms with Crippen LogP contribution in [-0.4, -0.2) is 68.5 Å². The fourth-order valence-electron chi connectivity index (χ4n) is 3.88. The van der Waals surface area contributed by atoms with Gasteiger partial charge in [0.1, 0.15) is 12.6 Å². The van der Waals surface area contributed by atoms with E-state index in [0.717, 1.165) is 11.5 Å². The van der Waals surface area contributed by atoms with Crippen molar-refractivity contribution in [2.45, 2.75) is 70.6 Å². The number of alkyl halides is 2. The Hall–Kier alpha value is -2.45. The van der Waals surface area contributed by atoms with Crippen LogP contribution in [0.2, 0.25) is 0 Å². The number of imidazole rings is 1. The van der Waals surface area contributed by atoms with E-state index in [9.17, 15) is 9.36 Å². The van der Waals surface area contributed by atoms with Gasteiger partial charge in [0.15, 0.2) is 29.2 Å². The Morgan fingerprint density at radius 2 is 2.11 bits per heavy atom. The van der Waals surface area contributed by atoms with E-state index < -0.39 is 56.3 Å². The maximum Gasteiger partial charge on any atom is 0.407 e. The highest BCUT2D eigenvalue weighted by atomic mass is 31.2. The smallest absolute Gasteiger partial charge is 0.407 e. The van der Waals surface area contributed by atoms with Crippen molar-refractivity contribution in [3.63, 3.8) is 0 Å². The second-order valence-corrected chi connectivity index (χ2v) is 10.4. The van der Waals surface area contributed by atoms with Crippen LogP contribution in [0.25, 0.3) is 11.2 Å². The second kappa shape index (κ2) is 8.89. The summed E-state index contributed by atoms with van der Waals surface area (Å²) in [4.78, 5) is 24.3. The molecule has 2 aliphatic heterocycles. The number of rotatable bonds is 7. The molecule has 0 spiro atoms. The lowest BCUT2D eigenvalue weighted by Gasteiger charge is -2.37. The van der Waals surface area contributed by atoms with Crippen LogP contribution >= 0.6 is 7.75 Å². The van der Waals surface area contributed by atoms with Gasteiger partial charge in [-0.2, -0.15) is 9.97 Å². The molecule has 6 atom stereocenters. The van der Waals surface area contributed by atoms with E-state index >= 15 is 8.78 Å². The molecule has 2 fully saturated rings. The van der Waals surface area contributed by atoms with E-state index in [1.807, 2.05) is 0 Å². The number of halogens is 2. The summed E-state index contributed by atoms with van der Waals surface area (Å²) in [7, 11) is -4.34.